The monoisotopic (exact) mass is 377 g/mol. The van der Waals surface area contributed by atoms with Gasteiger partial charge in [0.25, 0.3) is 11.8 Å². The first-order chi connectivity index (χ1) is 13.2. The summed E-state index contributed by atoms with van der Waals surface area (Å²) in [5.74, 6) is -0.119. The molecule has 27 heavy (non-hydrogen) atoms. The fourth-order valence-electron chi connectivity index (χ4n) is 3.40. The van der Waals surface area contributed by atoms with Gasteiger partial charge in [-0.2, -0.15) is 0 Å². The molecule has 3 aromatic rings. The maximum atomic E-state index is 13.0. The highest BCUT2D eigenvalue weighted by Crippen LogP contribution is 2.32. The van der Waals surface area contributed by atoms with Gasteiger partial charge in [-0.3, -0.25) is 14.6 Å². The summed E-state index contributed by atoms with van der Waals surface area (Å²) in [6.07, 6.45) is 5.49. The van der Waals surface area contributed by atoms with E-state index in [4.69, 9.17) is 0 Å². The zero-order valence-electron chi connectivity index (χ0n) is 14.7. The van der Waals surface area contributed by atoms with Crippen LogP contribution in [0.25, 0.3) is 0 Å². The summed E-state index contributed by atoms with van der Waals surface area (Å²) in [5.41, 5.74) is 2.43. The number of benzene rings is 1. The molecule has 1 N–H and O–H groups in total. The molecule has 3 heterocycles. The molecule has 1 fully saturated rings. The number of hydrogen-bond acceptors (Lipinski definition) is 4. The van der Waals surface area contributed by atoms with Gasteiger partial charge < -0.3 is 10.2 Å². The second kappa shape index (κ2) is 7.72. The van der Waals surface area contributed by atoms with Gasteiger partial charge in [0.15, 0.2) is 0 Å². The molecule has 0 aliphatic carbocycles. The fourth-order valence-corrected chi connectivity index (χ4v) is 4.02. The zero-order chi connectivity index (χ0) is 18.6. The summed E-state index contributed by atoms with van der Waals surface area (Å²) in [4.78, 5) is 31.7. The minimum atomic E-state index is -0.138. The first-order valence-corrected chi connectivity index (χ1v) is 9.76. The second-order valence-corrected chi connectivity index (χ2v) is 7.39. The van der Waals surface area contributed by atoms with Crippen LogP contribution < -0.4 is 5.32 Å². The van der Waals surface area contributed by atoms with Gasteiger partial charge in [-0.15, -0.1) is 11.3 Å². The van der Waals surface area contributed by atoms with Crippen molar-refractivity contribution in [3.63, 3.8) is 0 Å². The van der Waals surface area contributed by atoms with E-state index in [-0.39, 0.29) is 17.9 Å². The molecule has 0 unspecified atom stereocenters. The summed E-state index contributed by atoms with van der Waals surface area (Å²) in [7, 11) is 0. The number of hydrogen-bond donors (Lipinski definition) is 1. The van der Waals surface area contributed by atoms with Crippen molar-refractivity contribution >= 4 is 28.8 Å². The highest BCUT2D eigenvalue weighted by Gasteiger charge is 2.30. The van der Waals surface area contributed by atoms with Gasteiger partial charge in [0, 0.05) is 30.2 Å². The van der Waals surface area contributed by atoms with Crippen LogP contribution in [0, 0.1) is 0 Å². The van der Waals surface area contributed by atoms with Crippen molar-refractivity contribution in [2.24, 2.45) is 0 Å². The molecule has 4 rings (SSSR count). The third-order valence-electron chi connectivity index (χ3n) is 4.74. The molecule has 2 amide bonds. The molecule has 6 heteroatoms. The minimum Gasteiger partial charge on any atom is -0.332 e. The summed E-state index contributed by atoms with van der Waals surface area (Å²) < 4.78 is 0. The molecule has 0 spiro atoms. The molecular formula is C21H19N3O2S. The van der Waals surface area contributed by atoms with Gasteiger partial charge in [-0.25, -0.2) is 0 Å². The number of nitrogens with zero attached hydrogens (tertiary/aromatic N) is 2. The normalized spacial score (nSPS) is 16.3. The van der Waals surface area contributed by atoms with E-state index in [1.165, 1.54) is 11.3 Å². The lowest BCUT2D eigenvalue weighted by molar-refractivity contribution is 0.0735. The van der Waals surface area contributed by atoms with Gasteiger partial charge in [0.05, 0.1) is 10.9 Å². The lowest BCUT2D eigenvalue weighted by atomic mass is 10.1. The van der Waals surface area contributed by atoms with Crippen molar-refractivity contribution in [2.45, 2.75) is 18.9 Å². The van der Waals surface area contributed by atoms with Crippen molar-refractivity contribution in [3.05, 3.63) is 82.3 Å². The Morgan fingerprint density at radius 2 is 1.85 bits per heavy atom. The third kappa shape index (κ3) is 3.75. The van der Waals surface area contributed by atoms with Crippen LogP contribution >= 0.6 is 11.3 Å². The van der Waals surface area contributed by atoms with Gasteiger partial charge in [0.2, 0.25) is 0 Å². The lowest BCUT2D eigenvalue weighted by Gasteiger charge is -2.25. The van der Waals surface area contributed by atoms with E-state index in [0.29, 0.717) is 16.1 Å². The number of likely N-dealkylation sites (tertiary alicyclic amines) is 1. The Hall–Kier alpha value is -2.99. The maximum absolute atomic E-state index is 13.0. The van der Waals surface area contributed by atoms with Crippen LogP contribution in [-0.2, 0) is 0 Å². The third-order valence-corrected chi connectivity index (χ3v) is 5.61. The minimum absolute atomic E-state index is 0.0189. The number of carbonyl (C=O) groups excluding carboxylic acids is 2. The van der Waals surface area contributed by atoms with Crippen molar-refractivity contribution in [1.82, 2.24) is 9.88 Å². The van der Waals surface area contributed by atoms with Gasteiger partial charge in [-0.1, -0.05) is 6.07 Å². The number of anilines is 1. The van der Waals surface area contributed by atoms with E-state index in [0.717, 1.165) is 24.9 Å². The maximum Gasteiger partial charge on any atom is 0.265 e. The van der Waals surface area contributed by atoms with Crippen LogP contribution in [0.3, 0.4) is 0 Å². The van der Waals surface area contributed by atoms with Crippen molar-refractivity contribution in [3.8, 4) is 0 Å². The fraction of sp³-hybridized carbons (Fsp3) is 0.190. The average Bonchev–Trinajstić information content (AvgIpc) is 3.41. The molecule has 136 valence electrons. The van der Waals surface area contributed by atoms with E-state index >= 15 is 0 Å². The van der Waals surface area contributed by atoms with Crippen molar-refractivity contribution in [2.75, 3.05) is 11.9 Å². The van der Waals surface area contributed by atoms with Gasteiger partial charge in [0.1, 0.15) is 0 Å². The van der Waals surface area contributed by atoms with Gasteiger partial charge in [-0.05, 0) is 66.2 Å². The summed E-state index contributed by atoms with van der Waals surface area (Å²) >= 11 is 1.40. The highest BCUT2D eigenvalue weighted by molar-refractivity contribution is 7.12. The zero-order valence-corrected chi connectivity index (χ0v) is 15.5. The second-order valence-electron chi connectivity index (χ2n) is 6.45. The Labute approximate surface area is 161 Å². The lowest BCUT2D eigenvalue weighted by Crippen LogP contribution is -2.30. The molecular weight excluding hydrogens is 358 g/mol. The van der Waals surface area contributed by atoms with Crippen LogP contribution in [-0.4, -0.2) is 28.2 Å². The smallest absolute Gasteiger partial charge is 0.265 e. The predicted octanol–water partition coefficient (Wildman–Crippen LogP) is 4.37. The summed E-state index contributed by atoms with van der Waals surface area (Å²) in [6.45, 7) is 0.753. The average molecular weight is 377 g/mol. The Bertz CT molecular complexity index is 924. The first kappa shape index (κ1) is 17.4. The number of rotatable bonds is 4. The molecule has 0 radical (unpaired) electrons. The van der Waals surface area contributed by atoms with Crippen LogP contribution in [0.5, 0.6) is 0 Å². The molecule has 0 bridgehead atoms. The Kier molecular flexibility index (Phi) is 4.98. The standard InChI is InChI=1S/C21H19N3O2S/c25-20(19-4-2-14-27-19)23-17-7-5-16(6-8-17)21(26)24-13-1-3-18(24)15-9-11-22-12-10-15/h2,4-12,14,18H,1,3,13H2,(H,23,25)/t18-/m0/s1. The van der Waals surface area contributed by atoms with Crippen molar-refractivity contribution in [1.29, 1.82) is 0 Å². The molecule has 5 nitrogen and oxygen atoms in total. The van der Waals surface area contributed by atoms with Crippen LogP contribution in [0.2, 0.25) is 0 Å². The van der Waals surface area contributed by atoms with E-state index in [1.54, 1.807) is 42.7 Å². The van der Waals surface area contributed by atoms with Gasteiger partial charge >= 0.3 is 0 Å². The van der Waals surface area contributed by atoms with Crippen LogP contribution in [0.4, 0.5) is 5.69 Å². The van der Waals surface area contributed by atoms with Crippen LogP contribution in [0.1, 0.15) is 44.5 Å². The number of pyridine rings is 1. The van der Waals surface area contributed by atoms with E-state index in [1.807, 2.05) is 28.5 Å². The largest absolute Gasteiger partial charge is 0.332 e. The molecule has 2 aromatic heterocycles. The topological polar surface area (TPSA) is 62.3 Å². The number of aromatic nitrogens is 1. The van der Waals surface area contributed by atoms with Crippen molar-refractivity contribution < 1.29 is 9.59 Å². The molecule has 1 atom stereocenters. The number of nitrogens with one attached hydrogen (secondary N) is 1. The Morgan fingerprint density at radius 1 is 1.07 bits per heavy atom. The predicted molar refractivity (Wildman–Crippen MR) is 106 cm³/mol. The summed E-state index contributed by atoms with van der Waals surface area (Å²) in [6, 6.07) is 14.8. The van der Waals surface area contributed by atoms with E-state index in [9.17, 15) is 9.59 Å². The number of thiophene rings is 1. The first-order valence-electron chi connectivity index (χ1n) is 8.88. The molecule has 0 saturated carbocycles. The Balaban J connectivity index is 1.47. The molecule has 1 saturated heterocycles. The number of amides is 2. The highest BCUT2D eigenvalue weighted by atomic mass is 32.1. The number of carbonyl (C=O) groups is 2. The molecule has 1 aliphatic heterocycles. The molecule has 1 aromatic carbocycles. The SMILES string of the molecule is O=C(Nc1ccc(C(=O)N2CCC[C@H]2c2ccncc2)cc1)c1cccs1. The molecule has 1 aliphatic rings. The quantitative estimate of drug-likeness (QED) is 0.734. The van der Waals surface area contributed by atoms with Crippen LogP contribution in [0.15, 0.2) is 66.3 Å². The van der Waals surface area contributed by atoms with E-state index < -0.39 is 0 Å². The Morgan fingerprint density at radius 3 is 2.56 bits per heavy atom. The van der Waals surface area contributed by atoms with E-state index in [2.05, 4.69) is 10.3 Å². The summed E-state index contributed by atoms with van der Waals surface area (Å²) in [5, 5.41) is 4.72.